The number of sulfonamides is 1. The Kier molecular flexibility index (Phi) is 3.11. The van der Waals surface area contributed by atoms with Gasteiger partial charge in [-0.2, -0.15) is 0 Å². The standard InChI is InChI=1S/C9H13NO3S2/c11-8(7-3-4-7)6-10-15(12,13)9-2-1-5-14-9/h1-2,5,7-8,10-11H,3-4,6H2. The first-order valence-corrected chi connectivity index (χ1v) is 7.17. The lowest BCUT2D eigenvalue weighted by molar-refractivity contribution is 0.155. The third kappa shape index (κ3) is 2.78. The van der Waals surface area contributed by atoms with Gasteiger partial charge in [0.2, 0.25) is 10.0 Å². The van der Waals surface area contributed by atoms with Crippen molar-refractivity contribution >= 4 is 21.4 Å². The molecule has 2 N–H and O–H groups in total. The lowest BCUT2D eigenvalue weighted by Gasteiger charge is -2.09. The van der Waals surface area contributed by atoms with Crippen LogP contribution in [0.3, 0.4) is 0 Å². The first-order valence-electron chi connectivity index (χ1n) is 4.81. The van der Waals surface area contributed by atoms with E-state index in [-0.39, 0.29) is 12.5 Å². The van der Waals surface area contributed by atoms with Crippen LogP contribution in [-0.2, 0) is 10.0 Å². The molecule has 0 aromatic carbocycles. The van der Waals surface area contributed by atoms with Gasteiger partial charge in [-0.1, -0.05) is 6.07 Å². The second-order valence-electron chi connectivity index (χ2n) is 3.69. The SMILES string of the molecule is O=S(=O)(NCC(O)C1CC1)c1cccs1. The summed E-state index contributed by atoms with van der Waals surface area (Å²) in [5.41, 5.74) is 0. The highest BCUT2D eigenvalue weighted by molar-refractivity contribution is 7.91. The highest BCUT2D eigenvalue weighted by Crippen LogP contribution is 2.32. The van der Waals surface area contributed by atoms with Gasteiger partial charge in [-0.15, -0.1) is 11.3 Å². The first kappa shape index (κ1) is 11.1. The molecule has 0 aliphatic heterocycles. The fraction of sp³-hybridized carbons (Fsp3) is 0.556. The average Bonchev–Trinajstić information content (AvgIpc) is 2.89. The molecule has 1 fully saturated rings. The normalized spacial score (nSPS) is 19.0. The summed E-state index contributed by atoms with van der Waals surface area (Å²) in [6.07, 6.45) is 1.46. The van der Waals surface area contributed by atoms with Gasteiger partial charge in [0.1, 0.15) is 4.21 Å². The molecular weight excluding hydrogens is 234 g/mol. The van der Waals surface area contributed by atoms with Crippen molar-refractivity contribution in [2.75, 3.05) is 6.54 Å². The van der Waals surface area contributed by atoms with Crippen LogP contribution in [-0.4, -0.2) is 26.2 Å². The molecule has 1 unspecified atom stereocenters. The van der Waals surface area contributed by atoms with Gasteiger partial charge >= 0.3 is 0 Å². The Bertz CT molecular complexity index is 409. The molecule has 0 bridgehead atoms. The Morgan fingerprint density at radius 1 is 1.60 bits per heavy atom. The maximum atomic E-state index is 11.6. The molecule has 1 aliphatic carbocycles. The topological polar surface area (TPSA) is 66.4 Å². The molecule has 1 aromatic heterocycles. The number of nitrogens with one attached hydrogen (secondary N) is 1. The molecule has 1 atom stereocenters. The van der Waals surface area contributed by atoms with Gasteiger partial charge in [0.05, 0.1) is 6.10 Å². The lowest BCUT2D eigenvalue weighted by atomic mass is 10.2. The quantitative estimate of drug-likeness (QED) is 0.808. The largest absolute Gasteiger partial charge is 0.391 e. The van der Waals surface area contributed by atoms with Gasteiger partial charge in [0.25, 0.3) is 0 Å². The second-order valence-corrected chi connectivity index (χ2v) is 6.63. The van der Waals surface area contributed by atoms with Crippen molar-refractivity contribution in [1.82, 2.24) is 4.72 Å². The van der Waals surface area contributed by atoms with Gasteiger partial charge in [-0.25, -0.2) is 13.1 Å². The summed E-state index contributed by atoms with van der Waals surface area (Å²) in [5.74, 6) is 0.288. The van der Waals surface area contributed by atoms with Crippen molar-refractivity contribution in [2.45, 2.75) is 23.2 Å². The summed E-state index contributed by atoms with van der Waals surface area (Å²) < 4.78 is 26.0. The van der Waals surface area contributed by atoms with Crippen molar-refractivity contribution in [3.63, 3.8) is 0 Å². The minimum atomic E-state index is -3.41. The van der Waals surface area contributed by atoms with Crippen molar-refractivity contribution < 1.29 is 13.5 Å². The Balaban J connectivity index is 1.93. The highest BCUT2D eigenvalue weighted by Gasteiger charge is 2.30. The van der Waals surface area contributed by atoms with E-state index in [1.807, 2.05) is 0 Å². The Labute approximate surface area is 93.0 Å². The molecule has 1 aromatic rings. The fourth-order valence-electron chi connectivity index (χ4n) is 1.33. The van der Waals surface area contributed by atoms with E-state index < -0.39 is 16.1 Å². The van der Waals surface area contributed by atoms with Crippen LogP contribution >= 0.6 is 11.3 Å². The Morgan fingerprint density at radius 3 is 2.87 bits per heavy atom. The van der Waals surface area contributed by atoms with E-state index in [4.69, 9.17) is 0 Å². The second kappa shape index (κ2) is 4.21. The lowest BCUT2D eigenvalue weighted by Crippen LogP contribution is -2.32. The monoisotopic (exact) mass is 247 g/mol. The molecule has 2 rings (SSSR count). The van der Waals surface area contributed by atoms with Gasteiger partial charge in [-0.05, 0) is 30.2 Å². The molecule has 0 amide bonds. The summed E-state index contributed by atoms with van der Waals surface area (Å²) in [5, 5.41) is 11.2. The summed E-state index contributed by atoms with van der Waals surface area (Å²) in [6.45, 7) is 0.116. The number of aliphatic hydroxyl groups is 1. The molecule has 84 valence electrons. The van der Waals surface area contributed by atoms with Crippen LogP contribution in [0.2, 0.25) is 0 Å². The van der Waals surface area contributed by atoms with Crippen LogP contribution in [0.4, 0.5) is 0 Å². The summed E-state index contributed by atoms with van der Waals surface area (Å²) in [6, 6.07) is 3.24. The van der Waals surface area contributed by atoms with Gasteiger partial charge in [0, 0.05) is 6.54 Å². The number of aliphatic hydroxyl groups excluding tert-OH is 1. The molecule has 0 radical (unpaired) electrons. The summed E-state index contributed by atoms with van der Waals surface area (Å²) in [4.78, 5) is 0. The van der Waals surface area contributed by atoms with Crippen LogP contribution in [0.1, 0.15) is 12.8 Å². The predicted octanol–water partition coefficient (Wildman–Crippen LogP) is 0.797. The van der Waals surface area contributed by atoms with E-state index in [2.05, 4.69) is 4.72 Å². The Morgan fingerprint density at radius 2 is 2.33 bits per heavy atom. The minimum absolute atomic E-state index is 0.116. The third-order valence-corrected chi connectivity index (χ3v) is 5.23. The molecule has 4 nitrogen and oxygen atoms in total. The van der Waals surface area contributed by atoms with E-state index in [9.17, 15) is 13.5 Å². The van der Waals surface area contributed by atoms with Crippen LogP contribution in [0.15, 0.2) is 21.7 Å². The van der Waals surface area contributed by atoms with Crippen molar-refractivity contribution in [1.29, 1.82) is 0 Å². The molecule has 0 spiro atoms. The van der Waals surface area contributed by atoms with E-state index in [0.29, 0.717) is 4.21 Å². The maximum absolute atomic E-state index is 11.6. The van der Waals surface area contributed by atoms with Crippen LogP contribution in [0.5, 0.6) is 0 Å². The van der Waals surface area contributed by atoms with Gasteiger partial charge < -0.3 is 5.11 Å². The van der Waals surface area contributed by atoms with Crippen molar-refractivity contribution in [2.24, 2.45) is 5.92 Å². The van der Waals surface area contributed by atoms with Gasteiger partial charge in [-0.3, -0.25) is 0 Å². The maximum Gasteiger partial charge on any atom is 0.250 e. The third-order valence-electron chi connectivity index (χ3n) is 2.41. The van der Waals surface area contributed by atoms with Crippen LogP contribution < -0.4 is 4.72 Å². The molecule has 15 heavy (non-hydrogen) atoms. The summed E-state index contributed by atoms with van der Waals surface area (Å²) >= 11 is 1.17. The van der Waals surface area contributed by atoms with Crippen molar-refractivity contribution in [3.8, 4) is 0 Å². The number of thiophene rings is 1. The molecule has 1 aliphatic rings. The smallest absolute Gasteiger partial charge is 0.250 e. The summed E-state index contributed by atoms with van der Waals surface area (Å²) in [7, 11) is -3.41. The number of rotatable bonds is 5. The Hall–Kier alpha value is -0.430. The number of hydrogen-bond donors (Lipinski definition) is 2. The van der Waals surface area contributed by atoms with E-state index in [1.54, 1.807) is 17.5 Å². The minimum Gasteiger partial charge on any atom is -0.391 e. The van der Waals surface area contributed by atoms with Crippen molar-refractivity contribution in [3.05, 3.63) is 17.5 Å². The zero-order valence-corrected chi connectivity index (χ0v) is 9.72. The van der Waals surface area contributed by atoms with E-state index in [0.717, 1.165) is 12.8 Å². The zero-order valence-electron chi connectivity index (χ0n) is 8.09. The van der Waals surface area contributed by atoms with Gasteiger partial charge in [0.15, 0.2) is 0 Å². The zero-order chi connectivity index (χ0) is 10.9. The molecule has 1 saturated carbocycles. The predicted molar refractivity (Wildman–Crippen MR) is 58.2 cm³/mol. The fourth-order valence-corrected chi connectivity index (χ4v) is 3.42. The number of hydrogen-bond acceptors (Lipinski definition) is 4. The van der Waals surface area contributed by atoms with E-state index in [1.165, 1.54) is 11.3 Å². The highest BCUT2D eigenvalue weighted by atomic mass is 32.2. The van der Waals surface area contributed by atoms with E-state index >= 15 is 0 Å². The molecule has 6 heteroatoms. The van der Waals surface area contributed by atoms with Crippen LogP contribution in [0, 0.1) is 5.92 Å². The molecule has 0 saturated heterocycles. The first-order chi connectivity index (χ1) is 7.09. The average molecular weight is 247 g/mol. The molecular formula is C9H13NO3S2. The van der Waals surface area contributed by atoms with Crippen LogP contribution in [0.25, 0.3) is 0 Å². The molecule has 1 heterocycles.